The van der Waals surface area contributed by atoms with Crippen LogP contribution in [0.3, 0.4) is 0 Å². The normalized spacial score (nSPS) is 9.89. The van der Waals surface area contributed by atoms with E-state index in [1.165, 1.54) is 12.1 Å². The molecule has 6 nitrogen and oxygen atoms in total. The minimum absolute atomic E-state index is 0.0271. The quantitative estimate of drug-likeness (QED) is 0.477. The molecule has 0 amide bonds. The predicted molar refractivity (Wildman–Crippen MR) is 67.6 cm³/mol. The Morgan fingerprint density at radius 3 is 2.83 bits per heavy atom. The maximum atomic E-state index is 11.1. The summed E-state index contributed by atoms with van der Waals surface area (Å²) < 4.78 is 4.78. The Bertz CT molecular complexity index is 446. The first kappa shape index (κ1) is 14.0. The second-order valence-electron chi connectivity index (χ2n) is 3.74. The summed E-state index contributed by atoms with van der Waals surface area (Å²) in [5.74, 6) is -0.284. The standard InChI is InChI=1S/C12H16N2O4/c1-3-18-12(15)6-7-13-11-8-10(14(16)17)5-4-9(11)2/h4-5,8,13H,3,6-7H2,1-2H3. The number of benzene rings is 1. The van der Waals surface area contributed by atoms with Gasteiger partial charge in [0.15, 0.2) is 0 Å². The molecule has 18 heavy (non-hydrogen) atoms. The fourth-order valence-corrected chi connectivity index (χ4v) is 1.45. The molecule has 0 spiro atoms. The van der Waals surface area contributed by atoms with E-state index >= 15 is 0 Å². The highest BCUT2D eigenvalue weighted by Gasteiger charge is 2.08. The highest BCUT2D eigenvalue weighted by Crippen LogP contribution is 2.21. The van der Waals surface area contributed by atoms with Crippen LogP contribution in [0.5, 0.6) is 0 Å². The first-order chi connectivity index (χ1) is 8.54. The van der Waals surface area contributed by atoms with Crippen LogP contribution in [0.4, 0.5) is 11.4 Å². The van der Waals surface area contributed by atoms with Crippen molar-refractivity contribution < 1.29 is 14.5 Å². The summed E-state index contributed by atoms with van der Waals surface area (Å²) >= 11 is 0. The molecule has 6 heteroatoms. The van der Waals surface area contributed by atoms with Crippen molar-refractivity contribution >= 4 is 17.3 Å². The third-order valence-corrected chi connectivity index (χ3v) is 2.38. The van der Waals surface area contributed by atoms with E-state index in [0.29, 0.717) is 18.8 Å². The van der Waals surface area contributed by atoms with Crippen molar-refractivity contribution in [3.63, 3.8) is 0 Å². The fourth-order valence-electron chi connectivity index (χ4n) is 1.45. The summed E-state index contributed by atoms with van der Waals surface area (Å²) in [6.45, 7) is 4.34. The lowest BCUT2D eigenvalue weighted by Gasteiger charge is -2.08. The smallest absolute Gasteiger partial charge is 0.307 e. The van der Waals surface area contributed by atoms with Gasteiger partial charge in [0, 0.05) is 24.4 Å². The molecular formula is C12H16N2O4. The Morgan fingerprint density at radius 1 is 1.50 bits per heavy atom. The van der Waals surface area contributed by atoms with Crippen LogP contribution in [0.25, 0.3) is 0 Å². The van der Waals surface area contributed by atoms with Gasteiger partial charge in [-0.25, -0.2) is 0 Å². The molecule has 98 valence electrons. The van der Waals surface area contributed by atoms with Crippen molar-refractivity contribution in [3.05, 3.63) is 33.9 Å². The molecule has 0 saturated heterocycles. The van der Waals surface area contributed by atoms with Crippen LogP contribution < -0.4 is 5.32 Å². The van der Waals surface area contributed by atoms with Gasteiger partial charge in [-0.05, 0) is 19.4 Å². The number of carbonyl (C=O) groups is 1. The molecule has 0 aliphatic rings. The number of nitro groups is 1. The van der Waals surface area contributed by atoms with E-state index in [4.69, 9.17) is 4.74 Å². The number of nitrogens with zero attached hydrogens (tertiary/aromatic N) is 1. The van der Waals surface area contributed by atoms with Crippen LogP contribution >= 0.6 is 0 Å². The summed E-state index contributed by atoms with van der Waals surface area (Å²) in [7, 11) is 0. The number of hydrogen-bond acceptors (Lipinski definition) is 5. The molecule has 0 aromatic heterocycles. The van der Waals surface area contributed by atoms with Gasteiger partial charge in [-0.1, -0.05) is 6.07 Å². The van der Waals surface area contributed by atoms with Gasteiger partial charge in [-0.3, -0.25) is 14.9 Å². The zero-order valence-electron chi connectivity index (χ0n) is 10.4. The molecule has 1 rings (SSSR count). The maximum Gasteiger partial charge on any atom is 0.307 e. The van der Waals surface area contributed by atoms with Crippen molar-refractivity contribution in [2.45, 2.75) is 20.3 Å². The Labute approximate surface area is 105 Å². The minimum atomic E-state index is -0.448. The third-order valence-electron chi connectivity index (χ3n) is 2.38. The Kier molecular flexibility index (Phi) is 5.10. The molecule has 0 aliphatic carbocycles. The van der Waals surface area contributed by atoms with Gasteiger partial charge >= 0.3 is 5.97 Å². The van der Waals surface area contributed by atoms with Gasteiger partial charge in [-0.2, -0.15) is 0 Å². The summed E-state index contributed by atoms with van der Waals surface area (Å²) in [6.07, 6.45) is 0.232. The SMILES string of the molecule is CCOC(=O)CCNc1cc([N+](=O)[O-])ccc1C. The van der Waals surface area contributed by atoms with E-state index < -0.39 is 4.92 Å². The van der Waals surface area contributed by atoms with Crippen molar-refractivity contribution in [2.24, 2.45) is 0 Å². The largest absolute Gasteiger partial charge is 0.466 e. The highest BCUT2D eigenvalue weighted by atomic mass is 16.6. The Morgan fingerprint density at radius 2 is 2.22 bits per heavy atom. The lowest BCUT2D eigenvalue weighted by Crippen LogP contribution is -2.11. The molecule has 1 aromatic carbocycles. The first-order valence-electron chi connectivity index (χ1n) is 5.69. The molecule has 1 aromatic rings. The predicted octanol–water partition coefficient (Wildman–Crippen LogP) is 2.27. The number of esters is 1. The first-order valence-corrected chi connectivity index (χ1v) is 5.69. The molecule has 1 N–H and O–H groups in total. The van der Waals surface area contributed by atoms with Crippen LogP contribution in [0.1, 0.15) is 18.9 Å². The summed E-state index contributed by atoms with van der Waals surface area (Å²) in [5, 5.41) is 13.6. The van der Waals surface area contributed by atoms with Gasteiger partial charge in [0.25, 0.3) is 5.69 Å². The van der Waals surface area contributed by atoms with Gasteiger partial charge in [0.2, 0.25) is 0 Å². The molecule has 0 fully saturated rings. The summed E-state index contributed by atoms with van der Waals surface area (Å²) in [6, 6.07) is 4.58. The van der Waals surface area contributed by atoms with Gasteiger partial charge in [0.05, 0.1) is 18.0 Å². The van der Waals surface area contributed by atoms with Gasteiger partial charge < -0.3 is 10.1 Å². The number of ether oxygens (including phenoxy) is 1. The van der Waals surface area contributed by atoms with Crippen molar-refractivity contribution in [1.29, 1.82) is 0 Å². The van der Waals surface area contributed by atoms with E-state index in [1.807, 2.05) is 6.92 Å². The number of aryl methyl sites for hydroxylation is 1. The second-order valence-corrected chi connectivity index (χ2v) is 3.74. The van der Waals surface area contributed by atoms with E-state index in [-0.39, 0.29) is 18.1 Å². The molecule has 0 radical (unpaired) electrons. The average molecular weight is 252 g/mol. The van der Waals surface area contributed by atoms with Crippen LogP contribution in [-0.4, -0.2) is 24.0 Å². The lowest BCUT2D eigenvalue weighted by atomic mass is 10.2. The molecule has 0 aliphatic heterocycles. The van der Waals surface area contributed by atoms with Gasteiger partial charge in [-0.15, -0.1) is 0 Å². The lowest BCUT2D eigenvalue weighted by molar-refractivity contribution is -0.384. The number of carbonyl (C=O) groups excluding carboxylic acids is 1. The van der Waals surface area contributed by atoms with Crippen LogP contribution in [-0.2, 0) is 9.53 Å². The van der Waals surface area contributed by atoms with Crippen molar-refractivity contribution in [2.75, 3.05) is 18.5 Å². The number of non-ortho nitro benzene ring substituents is 1. The monoisotopic (exact) mass is 252 g/mol. The van der Waals surface area contributed by atoms with Crippen LogP contribution in [0.2, 0.25) is 0 Å². The van der Waals surface area contributed by atoms with E-state index in [0.717, 1.165) is 5.56 Å². The second kappa shape index (κ2) is 6.58. The third kappa shape index (κ3) is 4.04. The molecule has 0 atom stereocenters. The zero-order chi connectivity index (χ0) is 13.5. The number of nitrogens with one attached hydrogen (secondary N) is 1. The van der Waals surface area contributed by atoms with E-state index in [9.17, 15) is 14.9 Å². The number of anilines is 1. The Balaban J connectivity index is 2.58. The zero-order valence-corrected chi connectivity index (χ0v) is 10.4. The fraction of sp³-hybridized carbons (Fsp3) is 0.417. The minimum Gasteiger partial charge on any atom is -0.466 e. The molecule has 0 saturated carbocycles. The maximum absolute atomic E-state index is 11.1. The van der Waals surface area contributed by atoms with Crippen molar-refractivity contribution in [3.8, 4) is 0 Å². The van der Waals surface area contributed by atoms with Crippen LogP contribution in [0.15, 0.2) is 18.2 Å². The summed E-state index contributed by atoms with van der Waals surface area (Å²) in [4.78, 5) is 21.3. The van der Waals surface area contributed by atoms with E-state index in [1.54, 1.807) is 13.0 Å². The van der Waals surface area contributed by atoms with Crippen LogP contribution in [0, 0.1) is 17.0 Å². The van der Waals surface area contributed by atoms with E-state index in [2.05, 4.69) is 5.32 Å². The topological polar surface area (TPSA) is 81.5 Å². The van der Waals surface area contributed by atoms with Crippen molar-refractivity contribution in [1.82, 2.24) is 0 Å². The average Bonchev–Trinajstić information content (AvgIpc) is 2.31. The Hall–Kier alpha value is -2.11. The van der Waals surface area contributed by atoms with Gasteiger partial charge in [0.1, 0.15) is 0 Å². The molecule has 0 bridgehead atoms. The number of hydrogen-bond donors (Lipinski definition) is 1. The molecule has 0 unspecified atom stereocenters. The number of nitro benzene ring substituents is 1. The number of rotatable bonds is 6. The molecular weight excluding hydrogens is 236 g/mol. The molecule has 0 heterocycles. The summed E-state index contributed by atoms with van der Waals surface area (Å²) in [5.41, 5.74) is 1.58. The highest BCUT2D eigenvalue weighted by molar-refractivity contribution is 5.70.